The minimum atomic E-state index is -1.03. The van der Waals surface area contributed by atoms with Crippen molar-refractivity contribution >= 4 is 17.6 Å². The highest BCUT2D eigenvalue weighted by Crippen LogP contribution is 2.67. The van der Waals surface area contributed by atoms with Gasteiger partial charge >= 0.3 is 5.97 Å². The number of hydrogen-bond acceptors (Lipinski definition) is 4. The van der Waals surface area contributed by atoms with Gasteiger partial charge in [0.15, 0.2) is 0 Å². The maximum Gasteiger partial charge on any atom is 0.335 e. The van der Waals surface area contributed by atoms with Crippen molar-refractivity contribution in [2.45, 2.75) is 39.5 Å². The van der Waals surface area contributed by atoms with Crippen LogP contribution in [0.2, 0.25) is 0 Å². The number of anilines is 1. The Morgan fingerprint density at radius 3 is 2.37 bits per heavy atom. The van der Waals surface area contributed by atoms with Gasteiger partial charge in [0.2, 0.25) is 0 Å². The van der Waals surface area contributed by atoms with Gasteiger partial charge < -0.3 is 20.8 Å². The van der Waals surface area contributed by atoms with Crippen molar-refractivity contribution in [3.63, 3.8) is 0 Å². The quantitative estimate of drug-likeness (QED) is 0.488. The van der Waals surface area contributed by atoms with E-state index >= 15 is 0 Å². The Bertz CT molecular complexity index is 1200. The molecular formula is C29H34N2O4. The Labute approximate surface area is 206 Å². The molecule has 2 aromatic rings. The van der Waals surface area contributed by atoms with Gasteiger partial charge in [-0.3, -0.25) is 4.79 Å². The molecule has 4 N–H and O–H groups in total. The van der Waals surface area contributed by atoms with Gasteiger partial charge in [-0.15, -0.1) is 0 Å². The molecule has 5 rings (SSSR count). The number of aliphatic hydroxyl groups is 1. The van der Waals surface area contributed by atoms with Crippen LogP contribution in [0, 0.1) is 23.2 Å². The van der Waals surface area contributed by atoms with E-state index in [0.717, 1.165) is 48.2 Å². The van der Waals surface area contributed by atoms with Crippen LogP contribution < -0.4 is 10.6 Å². The van der Waals surface area contributed by atoms with E-state index in [-0.39, 0.29) is 41.2 Å². The largest absolute Gasteiger partial charge is 0.478 e. The third-order valence-corrected chi connectivity index (χ3v) is 8.85. The summed E-state index contributed by atoms with van der Waals surface area (Å²) in [5, 5.41) is 25.9. The lowest BCUT2D eigenvalue weighted by atomic mass is 9.40. The van der Waals surface area contributed by atoms with E-state index in [1.807, 2.05) is 25.1 Å². The lowest BCUT2D eigenvalue weighted by Crippen LogP contribution is -2.60. The van der Waals surface area contributed by atoms with Crippen LogP contribution in [0.25, 0.3) is 11.1 Å². The minimum Gasteiger partial charge on any atom is -0.478 e. The number of carboxylic acids is 1. The van der Waals surface area contributed by atoms with Crippen LogP contribution in [0.3, 0.4) is 0 Å². The van der Waals surface area contributed by atoms with Crippen LogP contribution in [0.4, 0.5) is 5.69 Å². The number of aliphatic hydroxyl groups excluding tert-OH is 1. The number of carboxylic acid groups (broad SMARTS) is 1. The Morgan fingerprint density at radius 1 is 1.06 bits per heavy atom. The molecule has 0 bridgehead atoms. The van der Waals surface area contributed by atoms with Crippen molar-refractivity contribution in [2.75, 3.05) is 25.0 Å². The number of hydrogen-bond donors (Lipinski definition) is 4. The topological polar surface area (TPSA) is 98.7 Å². The van der Waals surface area contributed by atoms with Crippen LogP contribution in [0.5, 0.6) is 0 Å². The molecule has 1 saturated carbocycles. The summed E-state index contributed by atoms with van der Waals surface area (Å²) in [6.07, 6.45) is 2.24. The van der Waals surface area contributed by atoms with Crippen molar-refractivity contribution in [3.05, 3.63) is 64.7 Å². The summed E-state index contributed by atoms with van der Waals surface area (Å²) in [5.41, 5.74) is 5.36. The standard InChI is InChI=1S/C29H34N2O4/c1-16-24(25-17(2)29(3,15-32)26(16)25)27(33)31-23-13-21(12-22(14-23)28(34)35)19-6-4-18(5-7-19)20-8-10-30-11-9-20/h4-7,12-14,16-17,20,26,30,32H,8-11,15H2,1-3H3,(H,31,33)(H,34,35). The third-order valence-electron chi connectivity index (χ3n) is 8.85. The van der Waals surface area contributed by atoms with E-state index in [2.05, 4.69) is 36.6 Å². The van der Waals surface area contributed by atoms with E-state index in [1.54, 1.807) is 6.07 Å². The lowest BCUT2D eigenvalue weighted by Gasteiger charge is -2.64. The van der Waals surface area contributed by atoms with Crippen LogP contribution >= 0.6 is 0 Å². The second-order valence-electron chi connectivity index (χ2n) is 10.7. The number of aromatic carboxylic acids is 1. The van der Waals surface area contributed by atoms with Gasteiger partial charge in [0.1, 0.15) is 0 Å². The van der Waals surface area contributed by atoms with Gasteiger partial charge in [0.05, 0.1) is 5.56 Å². The molecule has 35 heavy (non-hydrogen) atoms. The Hall–Kier alpha value is -2.96. The molecule has 0 aromatic heterocycles. The van der Waals surface area contributed by atoms with Crippen LogP contribution in [0.1, 0.15) is 55.5 Å². The van der Waals surface area contributed by atoms with Crippen LogP contribution in [-0.4, -0.2) is 41.8 Å². The second kappa shape index (κ2) is 8.92. The van der Waals surface area contributed by atoms with E-state index in [0.29, 0.717) is 11.6 Å². The highest BCUT2D eigenvalue weighted by molar-refractivity contribution is 6.07. The Morgan fingerprint density at radius 2 is 1.74 bits per heavy atom. The fraction of sp³-hybridized carbons (Fsp3) is 0.448. The molecule has 4 unspecified atom stereocenters. The summed E-state index contributed by atoms with van der Waals surface area (Å²) in [7, 11) is 0. The highest BCUT2D eigenvalue weighted by Gasteiger charge is 2.63. The fourth-order valence-corrected chi connectivity index (χ4v) is 6.59. The first-order chi connectivity index (χ1) is 16.7. The summed E-state index contributed by atoms with van der Waals surface area (Å²) in [6.45, 7) is 8.36. The average molecular weight is 475 g/mol. The number of amides is 1. The molecule has 1 aliphatic heterocycles. The van der Waals surface area contributed by atoms with E-state index in [4.69, 9.17) is 0 Å². The molecule has 1 saturated heterocycles. The molecule has 0 radical (unpaired) electrons. The number of allylic oxidation sites excluding steroid dienone is 1. The molecule has 6 heteroatoms. The zero-order chi connectivity index (χ0) is 24.9. The van der Waals surface area contributed by atoms with Crippen molar-refractivity contribution in [1.82, 2.24) is 5.32 Å². The molecular weight excluding hydrogens is 440 g/mol. The van der Waals surface area contributed by atoms with Gasteiger partial charge in [-0.1, -0.05) is 50.6 Å². The number of carbonyl (C=O) groups is 2. The van der Waals surface area contributed by atoms with E-state index in [1.165, 1.54) is 11.6 Å². The number of rotatable bonds is 6. The molecule has 4 atom stereocenters. The third kappa shape index (κ3) is 3.89. The van der Waals surface area contributed by atoms with Gasteiger partial charge in [-0.2, -0.15) is 0 Å². The van der Waals surface area contributed by atoms with E-state index in [9.17, 15) is 19.8 Å². The Balaban J connectivity index is 1.40. The SMILES string of the molecule is CC1C(C(=O)Nc2cc(C(=O)O)cc(-c3ccc(C4CCNCC4)cc3)c2)=C2C(C)C(C)(CO)C21. The molecule has 6 nitrogen and oxygen atoms in total. The van der Waals surface area contributed by atoms with Gasteiger partial charge in [0.25, 0.3) is 5.91 Å². The maximum absolute atomic E-state index is 13.2. The summed E-state index contributed by atoms with van der Waals surface area (Å²) in [5.74, 6) is -0.182. The normalized spacial score (nSPS) is 28.1. The first-order valence-electron chi connectivity index (χ1n) is 12.6. The number of nitrogens with one attached hydrogen (secondary N) is 2. The highest BCUT2D eigenvalue weighted by atomic mass is 16.4. The van der Waals surface area contributed by atoms with Crippen molar-refractivity contribution in [3.8, 4) is 11.1 Å². The molecule has 0 spiro atoms. The predicted molar refractivity (Wildman–Crippen MR) is 136 cm³/mol. The van der Waals surface area contributed by atoms with Crippen molar-refractivity contribution in [2.24, 2.45) is 23.2 Å². The zero-order valence-electron chi connectivity index (χ0n) is 20.6. The van der Waals surface area contributed by atoms with Crippen molar-refractivity contribution < 1.29 is 19.8 Å². The summed E-state index contributed by atoms with van der Waals surface area (Å²) < 4.78 is 0. The first kappa shape index (κ1) is 23.8. The molecule has 3 aliphatic rings. The van der Waals surface area contributed by atoms with Crippen LogP contribution in [-0.2, 0) is 4.79 Å². The predicted octanol–water partition coefficient (Wildman–Crippen LogP) is 4.67. The monoisotopic (exact) mass is 474 g/mol. The number of benzene rings is 2. The van der Waals surface area contributed by atoms with Gasteiger partial charge in [-0.05, 0) is 84.5 Å². The molecule has 1 amide bonds. The smallest absolute Gasteiger partial charge is 0.335 e. The lowest BCUT2D eigenvalue weighted by molar-refractivity contribution is -0.117. The molecule has 184 valence electrons. The van der Waals surface area contributed by atoms with Gasteiger partial charge in [0, 0.05) is 23.3 Å². The minimum absolute atomic E-state index is 0.0722. The second-order valence-corrected chi connectivity index (χ2v) is 10.7. The molecule has 2 aliphatic carbocycles. The van der Waals surface area contributed by atoms with Crippen molar-refractivity contribution in [1.29, 1.82) is 0 Å². The number of piperidine rings is 1. The van der Waals surface area contributed by atoms with E-state index < -0.39 is 5.97 Å². The molecule has 2 aromatic carbocycles. The van der Waals surface area contributed by atoms with Gasteiger partial charge in [-0.25, -0.2) is 4.79 Å². The first-order valence-corrected chi connectivity index (χ1v) is 12.6. The maximum atomic E-state index is 13.2. The summed E-state index contributed by atoms with van der Waals surface area (Å²) in [4.78, 5) is 25.0. The summed E-state index contributed by atoms with van der Waals surface area (Å²) >= 11 is 0. The zero-order valence-corrected chi connectivity index (χ0v) is 20.6. The summed E-state index contributed by atoms with van der Waals surface area (Å²) in [6, 6.07) is 13.4. The van der Waals surface area contributed by atoms with Crippen LogP contribution in [0.15, 0.2) is 53.6 Å². The average Bonchev–Trinajstić information content (AvgIpc) is 2.87. The Kier molecular flexibility index (Phi) is 6.06. The number of carbonyl (C=O) groups excluding carboxylic acids is 1. The fourth-order valence-electron chi connectivity index (χ4n) is 6.59. The number of fused-ring (bicyclic) bond motifs is 1. The molecule has 2 fully saturated rings. The molecule has 1 heterocycles.